The highest BCUT2D eigenvalue weighted by Crippen LogP contribution is 2.28. The Morgan fingerprint density at radius 2 is 1.57 bits per heavy atom. The monoisotopic (exact) mass is 480 g/mol. The molecule has 35 heavy (non-hydrogen) atoms. The molecule has 0 atom stereocenters. The van der Waals surface area contributed by atoms with Gasteiger partial charge in [-0.25, -0.2) is 9.97 Å². The zero-order valence-electron chi connectivity index (χ0n) is 19.1. The van der Waals surface area contributed by atoms with Crippen LogP contribution in [0.15, 0.2) is 95.1 Å². The van der Waals surface area contributed by atoms with Crippen LogP contribution in [0, 0.1) is 0 Å². The van der Waals surface area contributed by atoms with Crippen LogP contribution in [0.1, 0.15) is 17.8 Å². The van der Waals surface area contributed by atoms with E-state index in [0.29, 0.717) is 34.8 Å². The third-order valence-electron chi connectivity index (χ3n) is 5.80. The maximum Gasteiger partial charge on any atom is 0.258 e. The van der Waals surface area contributed by atoms with Crippen LogP contribution >= 0.6 is 11.3 Å². The van der Waals surface area contributed by atoms with Gasteiger partial charge in [0.05, 0.1) is 16.6 Å². The standard InChI is InChI=1S/C28H24N4O2S/c33-26(16-15-25-29-23-14-8-7-13-22(23)27(34)31-25)32(18-17-20-9-3-1-4-10-20)28-30-24(19-35-28)21-11-5-2-6-12-21/h1-14,19H,15-18H2,(H,29,31,34). The van der Waals surface area contributed by atoms with E-state index in [1.165, 1.54) is 11.3 Å². The average Bonchev–Trinajstić information content (AvgIpc) is 3.39. The normalized spacial score (nSPS) is 11.0. The number of hydrogen-bond acceptors (Lipinski definition) is 5. The number of aromatic nitrogens is 3. The number of hydrogen-bond donors (Lipinski definition) is 1. The molecule has 0 saturated carbocycles. The topological polar surface area (TPSA) is 79.0 Å². The van der Waals surface area contributed by atoms with Crippen LogP contribution in [0.3, 0.4) is 0 Å². The molecule has 0 saturated heterocycles. The Balaban J connectivity index is 1.36. The van der Waals surface area contributed by atoms with Gasteiger partial charge in [0, 0.05) is 30.3 Å². The highest BCUT2D eigenvalue weighted by Gasteiger charge is 2.20. The van der Waals surface area contributed by atoms with Crippen LogP contribution in [-0.2, 0) is 17.6 Å². The van der Waals surface area contributed by atoms with E-state index in [1.54, 1.807) is 11.0 Å². The lowest BCUT2D eigenvalue weighted by Crippen LogP contribution is -2.33. The number of carbonyl (C=O) groups is 1. The average molecular weight is 481 g/mol. The van der Waals surface area contributed by atoms with Crippen LogP contribution in [0.4, 0.5) is 5.13 Å². The van der Waals surface area contributed by atoms with E-state index in [9.17, 15) is 9.59 Å². The first-order valence-corrected chi connectivity index (χ1v) is 12.4. The quantitative estimate of drug-likeness (QED) is 0.329. The molecule has 0 radical (unpaired) electrons. The molecule has 2 heterocycles. The summed E-state index contributed by atoms with van der Waals surface area (Å²) in [5.74, 6) is 0.458. The molecule has 1 N–H and O–H groups in total. The fraction of sp³-hybridized carbons (Fsp3) is 0.143. The number of aryl methyl sites for hydroxylation is 1. The van der Waals surface area contributed by atoms with Crippen molar-refractivity contribution in [3.8, 4) is 11.3 Å². The van der Waals surface area contributed by atoms with Gasteiger partial charge in [0.25, 0.3) is 5.56 Å². The summed E-state index contributed by atoms with van der Waals surface area (Å²) in [6, 6.07) is 27.3. The minimum Gasteiger partial charge on any atom is -0.310 e. The van der Waals surface area contributed by atoms with E-state index in [4.69, 9.17) is 4.98 Å². The minimum atomic E-state index is -0.189. The number of thiazole rings is 1. The van der Waals surface area contributed by atoms with Crippen LogP contribution in [0.5, 0.6) is 0 Å². The van der Waals surface area contributed by atoms with Gasteiger partial charge in [0.15, 0.2) is 5.13 Å². The Morgan fingerprint density at radius 3 is 2.37 bits per heavy atom. The molecular formula is C28H24N4O2S. The van der Waals surface area contributed by atoms with Crippen molar-refractivity contribution in [1.29, 1.82) is 0 Å². The molecular weight excluding hydrogens is 456 g/mol. The number of fused-ring (bicyclic) bond motifs is 1. The van der Waals surface area contributed by atoms with Crippen molar-refractivity contribution < 1.29 is 4.79 Å². The van der Waals surface area contributed by atoms with Crippen molar-refractivity contribution in [2.75, 3.05) is 11.4 Å². The van der Waals surface area contributed by atoms with Crippen molar-refractivity contribution in [3.63, 3.8) is 0 Å². The third-order valence-corrected chi connectivity index (χ3v) is 6.66. The molecule has 0 aliphatic carbocycles. The fourth-order valence-electron chi connectivity index (χ4n) is 3.96. The van der Waals surface area contributed by atoms with Gasteiger partial charge in [-0.1, -0.05) is 72.8 Å². The second-order valence-corrected chi connectivity index (χ2v) is 9.03. The first-order valence-electron chi connectivity index (χ1n) is 11.5. The summed E-state index contributed by atoms with van der Waals surface area (Å²) in [6.07, 6.45) is 1.28. The highest BCUT2D eigenvalue weighted by molar-refractivity contribution is 7.14. The largest absolute Gasteiger partial charge is 0.310 e. The molecule has 7 heteroatoms. The van der Waals surface area contributed by atoms with Crippen molar-refractivity contribution in [1.82, 2.24) is 15.0 Å². The summed E-state index contributed by atoms with van der Waals surface area (Å²) in [6.45, 7) is 0.520. The Labute approximate surface area is 206 Å². The molecule has 0 aliphatic rings. The molecule has 0 unspecified atom stereocenters. The lowest BCUT2D eigenvalue weighted by atomic mass is 10.1. The molecule has 3 aromatic carbocycles. The Morgan fingerprint density at radius 1 is 0.857 bits per heavy atom. The van der Waals surface area contributed by atoms with Gasteiger partial charge < -0.3 is 4.98 Å². The predicted molar refractivity (Wildman–Crippen MR) is 141 cm³/mol. The minimum absolute atomic E-state index is 0.0503. The molecule has 5 rings (SSSR count). The van der Waals surface area contributed by atoms with Crippen LogP contribution in [0.25, 0.3) is 22.2 Å². The molecule has 0 spiro atoms. The molecule has 0 aliphatic heterocycles. The van der Waals surface area contributed by atoms with Crippen molar-refractivity contribution in [2.45, 2.75) is 19.3 Å². The number of aromatic amines is 1. The fourth-order valence-corrected chi connectivity index (χ4v) is 4.83. The summed E-state index contributed by atoms with van der Waals surface area (Å²) < 4.78 is 0. The second kappa shape index (κ2) is 10.4. The van der Waals surface area contributed by atoms with Gasteiger partial charge in [-0.05, 0) is 24.1 Å². The Kier molecular flexibility index (Phi) is 6.77. The molecule has 0 bridgehead atoms. The molecule has 1 amide bonds. The van der Waals surface area contributed by atoms with Gasteiger partial charge >= 0.3 is 0 Å². The van der Waals surface area contributed by atoms with Gasteiger partial charge in [-0.15, -0.1) is 11.3 Å². The molecule has 0 fully saturated rings. The van der Waals surface area contributed by atoms with Crippen molar-refractivity contribution in [2.24, 2.45) is 0 Å². The van der Waals surface area contributed by atoms with Gasteiger partial charge in [0.2, 0.25) is 5.91 Å². The van der Waals surface area contributed by atoms with Crippen LogP contribution in [0.2, 0.25) is 0 Å². The smallest absolute Gasteiger partial charge is 0.258 e. The number of rotatable bonds is 8. The van der Waals surface area contributed by atoms with E-state index in [-0.39, 0.29) is 17.9 Å². The van der Waals surface area contributed by atoms with Gasteiger partial charge in [-0.2, -0.15) is 0 Å². The number of carbonyl (C=O) groups excluding carboxylic acids is 1. The van der Waals surface area contributed by atoms with E-state index in [0.717, 1.165) is 23.2 Å². The first kappa shape index (κ1) is 22.7. The third kappa shape index (κ3) is 5.36. The van der Waals surface area contributed by atoms with Gasteiger partial charge in [0.1, 0.15) is 5.82 Å². The number of anilines is 1. The lowest BCUT2D eigenvalue weighted by Gasteiger charge is -2.20. The van der Waals surface area contributed by atoms with Crippen LogP contribution in [-0.4, -0.2) is 27.4 Å². The molecule has 6 nitrogen and oxygen atoms in total. The van der Waals surface area contributed by atoms with Crippen molar-refractivity contribution >= 4 is 33.3 Å². The summed E-state index contributed by atoms with van der Waals surface area (Å²) in [5.41, 5.74) is 3.47. The second-order valence-electron chi connectivity index (χ2n) is 8.19. The molecule has 5 aromatic rings. The number of benzene rings is 3. The summed E-state index contributed by atoms with van der Waals surface area (Å²) >= 11 is 1.46. The van der Waals surface area contributed by atoms with Crippen molar-refractivity contribution in [3.05, 3.63) is 112 Å². The number of H-pyrrole nitrogens is 1. The molecule has 174 valence electrons. The Hall–Kier alpha value is -4.10. The maximum atomic E-state index is 13.4. The van der Waals surface area contributed by atoms with E-state index >= 15 is 0 Å². The van der Waals surface area contributed by atoms with Gasteiger partial charge in [-0.3, -0.25) is 14.5 Å². The summed E-state index contributed by atoms with van der Waals surface area (Å²) in [7, 11) is 0. The SMILES string of the molecule is O=C(CCc1nc2ccccc2c(=O)[nH]1)N(CCc1ccccc1)c1nc(-c2ccccc2)cs1. The number of amides is 1. The summed E-state index contributed by atoms with van der Waals surface area (Å²) in [5, 5.41) is 3.20. The zero-order chi connectivity index (χ0) is 24.0. The maximum absolute atomic E-state index is 13.4. The number of nitrogens with one attached hydrogen (secondary N) is 1. The predicted octanol–water partition coefficient (Wildman–Crippen LogP) is 5.26. The van der Waals surface area contributed by atoms with E-state index < -0.39 is 0 Å². The highest BCUT2D eigenvalue weighted by atomic mass is 32.1. The Bertz CT molecular complexity index is 1500. The van der Waals surface area contributed by atoms with E-state index in [2.05, 4.69) is 22.1 Å². The van der Waals surface area contributed by atoms with E-state index in [1.807, 2.05) is 72.1 Å². The number of para-hydroxylation sites is 1. The molecule has 2 aromatic heterocycles. The summed E-state index contributed by atoms with van der Waals surface area (Å²) in [4.78, 5) is 39.7. The first-order chi connectivity index (χ1) is 17.2. The zero-order valence-corrected chi connectivity index (χ0v) is 19.9. The number of nitrogens with zero attached hydrogens (tertiary/aromatic N) is 3. The van der Waals surface area contributed by atoms with Crippen LogP contribution < -0.4 is 10.5 Å². The lowest BCUT2D eigenvalue weighted by molar-refractivity contribution is -0.118.